The lowest BCUT2D eigenvalue weighted by Gasteiger charge is -2.23. The van der Waals surface area contributed by atoms with Gasteiger partial charge in [0.2, 0.25) is 0 Å². The summed E-state index contributed by atoms with van der Waals surface area (Å²) in [7, 11) is 1.58. The van der Waals surface area contributed by atoms with E-state index in [0.717, 1.165) is 0 Å². The molecule has 1 aromatic carbocycles. The van der Waals surface area contributed by atoms with Gasteiger partial charge in [-0.2, -0.15) is 0 Å². The fourth-order valence-corrected chi connectivity index (χ4v) is 1.54. The van der Waals surface area contributed by atoms with E-state index in [-0.39, 0.29) is 16.6 Å². The number of benzene rings is 1. The van der Waals surface area contributed by atoms with Crippen molar-refractivity contribution in [2.75, 3.05) is 12.9 Å². The molecule has 5 heteroatoms. The van der Waals surface area contributed by atoms with E-state index in [2.05, 4.69) is 0 Å². The fourth-order valence-electron chi connectivity index (χ4n) is 1.16. The lowest BCUT2D eigenvalue weighted by atomic mass is 10.1. The van der Waals surface area contributed by atoms with Crippen LogP contribution in [0.1, 0.15) is 17.3 Å². The Balaban J connectivity index is 3.01. The van der Waals surface area contributed by atoms with Crippen LogP contribution in [-0.2, 0) is 0 Å². The van der Waals surface area contributed by atoms with Crippen molar-refractivity contribution in [3.8, 4) is 0 Å². The average molecular weight is 264 g/mol. The third-order valence-electron chi connectivity index (χ3n) is 2.39. The van der Waals surface area contributed by atoms with Crippen molar-refractivity contribution < 1.29 is 9.18 Å². The van der Waals surface area contributed by atoms with Crippen molar-refractivity contribution in [2.45, 2.75) is 13.0 Å². The quantitative estimate of drug-likeness (QED) is 0.768. The van der Waals surface area contributed by atoms with E-state index in [1.165, 1.54) is 23.1 Å². The van der Waals surface area contributed by atoms with Crippen LogP contribution in [0.3, 0.4) is 0 Å². The van der Waals surface area contributed by atoms with Gasteiger partial charge in [-0.1, -0.05) is 17.7 Å². The number of nitrogens with zero attached hydrogens (tertiary/aromatic N) is 1. The Bertz CT molecular complexity index is 398. The second-order valence-electron chi connectivity index (χ2n) is 3.52. The van der Waals surface area contributed by atoms with Crippen molar-refractivity contribution >= 4 is 29.1 Å². The van der Waals surface area contributed by atoms with Crippen LogP contribution < -0.4 is 0 Å². The lowest BCUT2D eigenvalue weighted by Crippen LogP contribution is -2.36. The van der Waals surface area contributed by atoms with Gasteiger partial charge in [-0.05, 0) is 19.1 Å². The average Bonchev–Trinajstić information content (AvgIpc) is 2.29. The molecule has 0 saturated carbocycles. The van der Waals surface area contributed by atoms with Crippen LogP contribution in [0.25, 0.3) is 0 Å². The highest BCUT2D eigenvalue weighted by molar-refractivity contribution is 6.31. The first-order valence-corrected chi connectivity index (χ1v) is 5.67. The zero-order valence-corrected chi connectivity index (χ0v) is 10.5. The molecule has 1 rings (SSSR count). The van der Waals surface area contributed by atoms with Crippen LogP contribution in [0, 0.1) is 5.82 Å². The van der Waals surface area contributed by atoms with E-state index in [9.17, 15) is 9.18 Å². The summed E-state index contributed by atoms with van der Waals surface area (Å²) in [6.07, 6.45) is 0. The van der Waals surface area contributed by atoms with Gasteiger partial charge in [0.15, 0.2) is 5.82 Å². The summed E-state index contributed by atoms with van der Waals surface area (Å²) in [6.45, 7) is 1.79. The smallest absolute Gasteiger partial charge is 0.256 e. The number of hydrogen-bond donors (Lipinski definition) is 0. The van der Waals surface area contributed by atoms with Gasteiger partial charge < -0.3 is 4.90 Å². The summed E-state index contributed by atoms with van der Waals surface area (Å²) in [5.74, 6) is -0.819. The van der Waals surface area contributed by atoms with Crippen LogP contribution in [0.15, 0.2) is 18.2 Å². The maximum atomic E-state index is 13.6. The highest BCUT2D eigenvalue weighted by Gasteiger charge is 2.20. The van der Waals surface area contributed by atoms with E-state index in [1.54, 1.807) is 14.0 Å². The molecule has 1 atom stereocenters. The summed E-state index contributed by atoms with van der Waals surface area (Å²) >= 11 is 11.2. The summed E-state index contributed by atoms with van der Waals surface area (Å²) < 4.78 is 13.6. The van der Waals surface area contributed by atoms with Crippen LogP contribution >= 0.6 is 23.2 Å². The van der Waals surface area contributed by atoms with Gasteiger partial charge in [0.05, 0.1) is 10.6 Å². The van der Waals surface area contributed by atoms with Gasteiger partial charge >= 0.3 is 0 Å². The summed E-state index contributed by atoms with van der Waals surface area (Å²) in [5, 5.41) is -0.0576. The summed E-state index contributed by atoms with van der Waals surface area (Å²) in [5.41, 5.74) is -0.0352. The second kappa shape index (κ2) is 5.51. The maximum absolute atomic E-state index is 13.6. The number of carbonyl (C=O) groups excluding carboxylic acids is 1. The first-order valence-electron chi connectivity index (χ1n) is 4.76. The van der Waals surface area contributed by atoms with Crippen molar-refractivity contribution in [3.63, 3.8) is 0 Å². The zero-order valence-electron chi connectivity index (χ0n) is 9.01. The van der Waals surface area contributed by atoms with Crippen molar-refractivity contribution in [2.24, 2.45) is 0 Å². The molecule has 0 saturated heterocycles. The molecule has 16 heavy (non-hydrogen) atoms. The molecule has 0 spiro atoms. The Kier molecular flexibility index (Phi) is 4.56. The fraction of sp³-hybridized carbons (Fsp3) is 0.364. The van der Waals surface area contributed by atoms with Crippen molar-refractivity contribution in [3.05, 3.63) is 34.6 Å². The second-order valence-corrected chi connectivity index (χ2v) is 4.24. The molecule has 1 unspecified atom stereocenters. The monoisotopic (exact) mass is 263 g/mol. The third kappa shape index (κ3) is 2.66. The van der Waals surface area contributed by atoms with Gasteiger partial charge in [0, 0.05) is 19.0 Å². The molecular weight excluding hydrogens is 252 g/mol. The minimum Gasteiger partial charge on any atom is -0.338 e. The number of rotatable bonds is 3. The first-order chi connectivity index (χ1) is 7.49. The molecule has 0 aliphatic carbocycles. The number of hydrogen-bond acceptors (Lipinski definition) is 1. The normalized spacial score (nSPS) is 12.3. The largest absolute Gasteiger partial charge is 0.338 e. The number of carbonyl (C=O) groups is 1. The van der Waals surface area contributed by atoms with Crippen molar-refractivity contribution in [1.29, 1.82) is 0 Å². The molecule has 1 aromatic rings. The Labute approximate surface area is 104 Å². The molecule has 0 radical (unpaired) electrons. The molecule has 0 fully saturated rings. The van der Waals surface area contributed by atoms with Gasteiger partial charge in [-0.3, -0.25) is 4.79 Å². The number of halogens is 3. The summed E-state index contributed by atoms with van der Waals surface area (Å²) in [6, 6.07) is 4.19. The van der Waals surface area contributed by atoms with E-state index in [1.807, 2.05) is 0 Å². The van der Waals surface area contributed by atoms with Gasteiger partial charge in [0.1, 0.15) is 0 Å². The van der Waals surface area contributed by atoms with E-state index in [4.69, 9.17) is 23.2 Å². The highest BCUT2D eigenvalue weighted by atomic mass is 35.5. The molecule has 0 aromatic heterocycles. The Morgan fingerprint density at radius 2 is 2.19 bits per heavy atom. The van der Waals surface area contributed by atoms with Gasteiger partial charge in [-0.15, -0.1) is 11.6 Å². The van der Waals surface area contributed by atoms with Crippen LogP contribution in [0.2, 0.25) is 5.02 Å². The van der Waals surface area contributed by atoms with Crippen LogP contribution in [0.4, 0.5) is 4.39 Å². The minimum absolute atomic E-state index is 0.0352. The SMILES string of the molecule is CC(CCl)N(C)C(=O)c1cccc(Cl)c1F. The predicted octanol–water partition coefficient (Wildman–Crippen LogP) is 3.18. The molecule has 88 valence electrons. The third-order valence-corrected chi connectivity index (χ3v) is 3.13. The van der Waals surface area contributed by atoms with Crippen molar-refractivity contribution in [1.82, 2.24) is 4.90 Å². The zero-order chi connectivity index (χ0) is 12.3. The van der Waals surface area contributed by atoms with Crippen LogP contribution in [0.5, 0.6) is 0 Å². The minimum atomic E-state index is -0.692. The van der Waals surface area contributed by atoms with Gasteiger partial charge in [-0.25, -0.2) is 4.39 Å². The standard InChI is InChI=1S/C11H12Cl2FNO/c1-7(6-12)15(2)11(16)8-4-3-5-9(13)10(8)14/h3-5,7H,6H2,1-2H3. The first kappa shape index (κ1) is 13.3. The Hall–Kier alpha value is -0.800. The Morgan fingerprint density at radius 3 is 2.75 bits per heavy atom. The number of alkyl halides is 1. The van der Waals surface area contributed by atoms with E-state index < -0.39 is 11.7 Å². The van der Waals surface area contributed by atoms with E-state index >= 15 is 0 Å². The van der Waals surface area contributed by atoms with E-state index in [0.29, 0.717) is 5.88 Å². The topological polar surface area (TPSA) is 20.3 Å². The molecule has 1 amide bonds. The molecule has 0 heterocycles. The molecule has 2 nitrogen and oxygen atoms in total. The molecule has 0 aliphatic rings. The maximum Gasteiger partial charge on any atom is 0.256 e. The lowest BCUT2D eigenvalue weighted by molar-refractivity contribution is 0.0752. The molecule has 0 N–H and O–H groups in total. The Morgan fingerprint density at radius 1 is 1.56 bits per heavy atom. The molecule has 0 bridgehead atoms. The van der Waals surface area contributed by atoms with Gasteiger partial charge in [0.25, 0.3) is 5.91 Å². The molecular formula is C11H12Cl2FNO. The molecule has 0 aliphatic heterocycles. The highest BCUT2D eigenvalue weighted by Crippen LogP contribution is 2.19. The van der Waals surface area contributed by atoms with Crippen LogP contribution in [-0.4, -0.2) is 29.8 Å². The number of amides is 1. The predicted molar refractivity (Wildman–Crippen MR) is 63.7 cm³/mol. The summed E-state index contributed by atoms with van der Waals surface area (Å²) in [4.78, 5) is 13.3.